The molecule has 4 bridgehead atoms. The van der Waals surface area contributed by atoms with E-state index in [-0.39, 0.29) is 45.0 Å². The van der Waals surface area contributed by atoms with E-state index in [0.717, 1.165) is 67.5 Å². The van der Waals surface area contributed by atoms with Gasteiger partial charge in [-0.25, -0.2) is 0 Å². The van der Waals surface area contributed by atoms with Gasteiger partial charge in [-0.15, -0.1) is 0 Å². The highest BCUT2D eigenvalue weighted by molar-refractivity contribution is 7.86. The minimum Gasteiger partial charge on any atom is -0.490 e. The zero-order valence-corrected chi connectivity index (χ0v) is 43.7. The lowest BCUT2D eigenvalue weighted by Gasteiger charge is -2.62. The smallest absolute Gasteiger partial charge is 0.298 e. The second-order valence-electron chi connectivity index (χ2n) is 21.9. The second-order valence-corrected chi connectivity index (χ2v) is 24.6. The Balaban J connectivity index is 0.900. The Labute approximate surface area is 424 Å². The zero-order valence-electron chi connectivity index (χ0n) is 42.1. The fourth-order valence-corrected chi connectivity index (χ4v) is 14.0. The van der Waals surface area contributed by atoms with E-state index in [4.69, 9.17) is 9.47 Å². The van der Waals surface area contributed by atoms with E-state index in [1.807, 2.05) is 76.2 Å². The number of ketones is 2. The summed E-state index contributed by atoms with van der Waals surface area (Å²) in [6, 6.07) is 39.8. The first-order valence-corrected chi connectivity index (χ1v) is 27.9. The van der Waals surface area contributed by atoms with Gasteiger partial charge < -0.3 is 9.47 Å². The van der Waals surface area contributed by atoms with Crippen molar-refractivity contribution in [1.82, 2.24) is 0 Å². The molecule has 10 nitrogen and oxygen atoms in total. The van der Waals surface area contributed by atoms with Gasteiger partial charge in [0, 0.05) is 27.7 Å². The van der Waals surface area contributed by atoms with Gasteiger partial charge in [0.05, 0.1) is 4.90 Å². The van der Waals surface area contributed by atoms with Gasteiger partial charge in [0.2, 0.25) is 0 Å². The molecule has 0 amide bonds. The van der Waals surface area contributed by atoms with Gasteiger partial charge in [-0.2, -0.15) is 16.8 Å². The van der Waals surface area contributed by atoms with Crippen molar-refractivity contribution in [2.75, 3.05) is 0 Å². The highest BCUT2D eigenvalue weighted by atomic mass is 32.2. The van der Waals surface area contributed by atoms with Crippen molar-refractivity contribution < 1.29 is 45.0 Å². The lowest BCUT2D eigenvalue weighted by molar-refractivity contribution is -0.0281. The largest absolute Gasteiger partial charge is 0.490 e. The molecule has 6 aromatic carbocycles. The SMILES string of the molecule is CCC(C)(C)c1ccc(C(=O)c2ccc(Oc3ccc(C45CC6CC(C4)CC(c4ccc(OC(C)C(C)(CC)c7ccc(C(=O)c8ccc(C)cc8)cc7)cc4)(C6)C5)cc3)c(S(=O)(=O)O)c2)cc1S(=O)(=O)O. The van der Waals surface area contributed by atoms with E-state index in [9.17, 15) is 35.5 Å². The summed E-state index contributed by atoms with van der Waals surface area (Å²) in [7, 11) is -9.61. The predicted molar refractivity (Wildman–Crippen MR) is 279 cm³/mol. The fourth-order valence-electron chi connectivity index (χ4n) is 12.5. The first-order valence-electron chi connectivity index (χ1n) is 25.0. The minimum atomic E-state index is -4.90. The Kier molecular flexibility index (Phi) is 13.3. The van der Waals surface area contributed by atoms with Crippen LogP contribution in [0.1, 0.15) is 153 Å². The Morgan fingerprint density at radius 3 is 1.57 bits per heavy atom. The molecule has 0 heterocycles. The quantitative estimate of drug-likeness (QED) is 0.0664. The monoisotopic (exact) mass is 1010 g/mol. The second kappa shape index (κ2) is 18.8. The summed E-state index contributed by atoms with van der Waals surface area (Å²) >= 11 is 0. The first kappa shape index (κ1) is 51.0. The van der Waals surface area contributed by atoms with Crippen LogP contribution < -0.4 is 9.47 Å². The molecule has 4 aliphatic carbocycles. The molecule has 4 aliphatic rings. The minimum absolute atomic E-state index is 0.00721. The molecule has 10 rings (SSSR count). The molecule has 2 N–H and O–H groups in total. The maximum Gasteiger partial charge on any atom is 0.298 e. The number of hydrogen-bond acceptors (Lipinski definition) is 8. The van der Waals surface area contributed by atoms with Crippen molar-refractivity contribution in [2.24, 2.45) is 11.8 Å². The van der Waals surface area contributed by atoms with Crippen LogP contribution in [0.15, 0.2) is 143 Å². The molecular weight excluding hydrogens is 945 g/mol. The van der Waals surface area contributed by atoms with Crippen LogP contribution in [0.4, 0.5) is 0 Å². The summed E-state index contributed by atoms with van der Waals surface area (Å²) in [6.45, 7) is 14.1. The van der Waals surface area contributed by atoms with E-state index >= 15 is 0 Å². The van der Waals surface area contributed by atoms with E-state index in [2.05, 4.69) is 69.3 Å². The highest BCUT2D eigenvalue weighted by Gasteiger charge is 2.58. The molecule has 6 aromatic rings. The lowest BCUT2D eigenvalue weighted by Crippen LogP contribution is -2.55. The molecule has 12 heteroatoms. The number of carbonyl (C=O) groups is 2. The maximum absolute atomic E-state index is 13.7. The molecule has 4 atom stereocenters. The number of rotatable bonds is 17. The molecule has 4 saturated carbocycles. The van der Waals surface area contributed by atoms with Gasteiger partial charge in [-0.1, -0.05) is 125 Å². The van der Waals surface area contributed by atoms with Crippen molar-refractivity contribution in [3.05, 3.63) is 184 Å². The Hall–Kier alpha value is -5.92. The summed E-state index contributed by atoms with van der Waals surface area (Å²) in [5, 5.41) is 0. The summed E-state index contributed by atoms with van der Waals surface area (Å²) in [6.07, 6.45) is 7.94. The lowest BCUT2D eigenvalue weighted by atomic mass is 9.42. The van der Waals surface area contributed by atoms with Crippen molar-refractivity contribution >= 4 is 31.8 Å². The van der Waals surface area contributed by atoms with Gasteiger partial charge in [0.15, 0.2) is 11.6 Å². The standard InChI is InChI=1S/C60H64O10S2/c1-8-57(5,6)51-28-16-44(31-53(51)71(63,64)65)56(62)45-17-29-52(54(32-45)72(66,67)68)70-50-26-22-48(23-27-50)60-35-40-30-41(36-60)34-59(33-40,37-60)47-20-24-49(25-21-47)69-39(4)58(7,9-2)46-18-14-43(15-19-46)55(61)42-12-10-38(3)11-13-42/h10-29,31-32,39-41H,8-9,30,33-37H2,1-7H3,(H,63,64,65)(H,66,67,68). The van der Waals surface area contributed by atoms with Crippen LogP contribution in [0, 0.1) is 18.8 Å². The van der Waals surface area contributed by atoms with Gasteiger partial charge in [-0.05, 0) is 164 Å². The predicted octanol–water partition coefficient (Wildman–Crippen LogP) is 13.4. The Morgan fingerprint density at radius 1 is 0.611 bits per heavy atom. The van der Waals surface area contributed by atoms with Crippen molar-refractivity contribution in [2.45, 2.75) is 137 Å². The van der Waals surface area contributed by atoms with E-state index in [0.29, 0.717) is 40.7 Å². The average molecular weight is 1010 g/mol. The van der Waals surface area contributed by atoms with Crippen LogP contribution in [0.5, 0.6) is 17.2 Å². The van der Waals surface area contributed by atoms with E-state index in [1.54, 1.807) is 0 Å². The van der Waals surface area contributed by atoms with Crippen LogP contribution in [0.25, 0.3) is 0 Å². The third-order valence-corrected chi connectivity index (χ3v) is 18.7. The van der Waals surface area contributed by atoms with Gasteiger partial charge in [0.1, 0.15) is 28.2 Å². The number of ether oxygens (including phenoxy) is 2. The normalized spacial score (nSPS) is 22.0. The van der Waals surface area contributed by atoms with Crippen LogP contribution in [0.3, 0.4) is 0 Å². The molecule has 0 spiro atoms. The third-order valence-electron chi connectivity index (χ3n) is 16.9. The third kappa shape index (κ3) is 9.71. The topological polar surface area (TPSA) is 161 Å². The molecule has 4 fully saturated rings. The molecule has 376 valence electrons. The highest BCUT2D eigenvalue weighted by Crippen LogP contribution is 2.66. The average Bonchev–Trinajstić information content (AvgIpc) is 3.35. The van der Waals surface area contributed by atoms with Crippen LogP contribution in [-0.4, -0.2) is 43.6 Å². The molecule has 4 unspecified atom stereocenters. The fraction of sp³-hybridized carbons (Fsp3) is 0.367. The molecule has 0 aliphatic heterocycles. The van der Waals surface area contributed by atoms with Crippen molar-refractivity contribution in [3.8, 4) is 17.2 Å². The summed E-state index contributed by atoms with van der Waals surface area (Å²) in [5.74, 6) is 1.45. The molecule has 72 heavy (non-hydrogen) atoms. The van der Waals surface area contributed by atoms with Crippen LogP contribution in [0.2, 0.25) is 0 Å². The van der Waals surface area contributed by atoms with Gasteiger partial charge in [0.25, 0.3) is 20.2 Å². The van der Waals surface area contributed by atoms with Crippen LogP contribution >= 0.6 is 0 Å². The zero-order chi connectivity index (χ0) is 51.6. The molecule has 0 saturated heterocycles. The van der Waals surface area contributed by atoms with E-state index < -0.39 is 41.2 Å². The summed E-state index contributed by atoms with van der Waals surface area (Å²) in [4.78, 5) is 25.9. The Morgan fingerprint density at radius 2 is 1.07 bits per heavy atom. The number of carbonyl (C=O) groups excluding carboxylic acids is 2. The van der Waals surface area contributed by atoms with Gasteiger partial charge in [-0.3, -0.25) is 18.7 Å². The van der Waals surface area contributed by atoms with Crippen molar-refractivity contribution in [1.29, 1.82) is 0 Å². The van der Waals surface area contributed by atoms with Crippen molar-refractivity contribution in [3.63, 3.8) is 0 Å². The summed E-state index contributed by atoms with van der Waals surface area (Å²) < 4.78 is 83.6. The summed E-state index contributed by atoms with van der Waals surface area (Å²) in [5.41, 5.74) is 5.28. The van der Waals surface area contributed by atoms with E-state index in [1.165, 1.54) is 41.8 Å². The number of benzene rings is 6. The maximum atomic E-state index is 13.7. The number of hydrogen-bond donors (Lipinski definition) is 2. The first-order chi connectivity index (χ1) is 34.0. The van der Waals surface area contributed by atoms with Crippen LogP contribution in [-0.2, 0) is 41.9 Å². The molecular formula is C60H64O10S2. The Bertz CT molecular complexity index is 3250. The molecule has 0 aromatic heterocycles. The number of aryl methyl sites for hydroxylation is 1. The van der Waals surface area contributed by atoms with Gasteiger partial charge >= 0.3 is 0 Å². The molecule has 0 radical (unpaired) electrons.